The molecule has 1 aromatic heterocycles. The molecule has 0 saturated heterocycles. The van der Waals surface area contributed by atoms with Gasteiger partial charge in [0.2, 0.25) is 15.7 Å². The van der Waals surface area contributed by atoms with Gasteiger partial charge in [0.05, 0.1) is 16.3 Å². The number of anilines is 1. The summed E-state index contributed by atoms with van der Waals surface area (Å²) in [5, 5.41) is 2.51. The minimum Gasteiger partial charge on any atom is -0.325 e. The van der Waals surface area contributed by atoms with Gasteiger partial charge in [-0.25, -0.2) is 13.4 Å². The van der Waals surface area contributed by atoms with Crippen molar-refractivity contribution in [3.63, 3.8) is 0 Å². The molecule has 0 fully saturated rings. The van der Waals surface area contributed by atoms with Crippen molar-refractivity contribution in [2.45, 2.75) is 47.4 Å². The smallest absolute Gasteiger partial charge is 0.270 e. The number of thioether (sulfide) groups is 1. The van der Waals surface area contributed by atoms with Crippen LogP contribution in [0.1, 0.15) is 24.5 Å². The van der Waals surface area contributed by atoms with Crippen molar-refractivity contribution < 1.29 is 13.2 Å². The zero-order valence-electron chi connectivity index (χ0n) is 17.4. The quantitative estimate of drug-likeness (QED) is 0.413. The van der Waals surface area contributed by atoms with Crippen LogP contribution in [0.5, 0.6) is 0 Å². The molecule has 3 rings (SSSR count). The summed E-state index contributed by atoms with van der Waals surface area (Å²) < 4.78 is 25.5. The van der Waals surface area contributed by atoms with E-state index in [9.17, 15) is 18.0 Å². The number of sulfone groups is 1. The molecule has 31 heavy (non-hydrogen) atoms. The van der Waals surface area contributed by atoms with E-state index in [-0.39, 0.29) is 16.0 Å². The minimum absolute atomic E-state index is 0.0229. The lowest BCUT2D eigenvalue weighted by Gasteiger charge is -2.14. The first-order valence-electron chi connectivity index (χ1n) is 9.66. The van der Waals surface area contributed by atoms with Gasteiger partial charge in [-0.2, -0.15) is 0 Å². The van der Waals surface area contributed by atoms with Crippen LogP contribution in [0.2, 0.25) is 0 Å². The summed E-state index contributed by atoms with van der Waals surface area (Å²) in [6, 6.07) is 13.7. The van der Waals surface area contributed by atoms with E-state index in [0.717, 1.165) is 29.1 Å². The summed E-state index contributed by atoms with van der Waals surface area (Å²) >= 11 is 1.08. The van der Waals surface area contributed by atoms with Gasteiger partial charge in [0.1, 0.15) is 0 Å². The number of aromatic nitrogens is 2. The van der Waals surface area contributed by atoms with E-state index < -0.39 is 25.5 Å². The van der Waals surface area contributed by atoms with Gasteiger partial charge < -0.3 is 10.3 Å². The lowest BCUT2D eigenvalue weighted by atomic mass is 10.2. The molecular formula is C22H23N3O4S2. The Kier molecular flexibility index (Phi) is 6.97. The first kappa shape index (κ1) is 22.8. The fourth-order valence-corrected chi connectivity index (χ4v) is 4.88. The maximum atomic E-state index is 12.8. The number of H-pyrrole nitrogens is 1. The zero-order chi connectivity index (χ0) is 22.6. The van der Waals surface area contributed by atoms with Crippen molar-refractivity contribution in [1.82, 2.24) is 9.97 Å². The van der Waals surface area contributed by atoms with E-state index in [2.05, 4.69) is 15.3 Å². The summed E-state index contributed by atoms with van der Waals surface area (Å²) in [6.07, 6.45) is 1.54. The van der Waals surface area contributed by atoms with Gasteiger partial charge >= 0.3 is 0 Å². The van der Waals surface area contributed by atoms with Crippen molar-refractivity contribution in [3.05, 3.63) is 76.2 Å². The Labute approximate surface area is 185 Å². The first-order chi connectivity index (χ1) is 14.7. The topological polar surface area (TPSA) is 109 Å². The second-order valence-corrected chi connectivity index (χ2v) is 10.2. The third-order valence-electron chi connectivity index (χ3n) is 4.60. The van der Waals surface area contributed by atoms with Crippen LogP contribution in [-0.4, -0.2) is 29.5 Å². The number of aromatic amines is 1. The van der Waals surface area contributed by atoms with E-state index in [4.69, 9.17) is 0 Å². The predicted octanol–water partition coefficient (Wildman–Crippen LogP) is 3.73. The standard InChI is InChI=1S/C22H23N3O4S2/c1-4-18(20(26)24-16-9-5-14(2)6-10-16)30-22-23-13-19(21(27)25-22)31(28,29)17-11-7-15(3)8-12-17/h5-13,18H,4H2,1-3H3,(H,24,26)(H,23,25,27). The molecule has 7 nitrogen and oxygen atoms in total. The molecule has 0 spiro atoms. The molecule has 1 unspecified atom stereocenters. The van der Waals surface area contributed by atoms with Crippen molar-refractivity contribution in [3.8, 4) is 0 Å². The third kappa shape index (κ3) is 5.42. The molecule has 0 aliphatic carbocycles. The van der Waals surface area contributed by atoms with E-state index in [1.54, 1.807) is 12.1 Å². The van der Waals surface area contributed by atoms with Crippen molar-refractivity contribution in [2.24, 2.45) is 0 Å². The van der Waals surface area contributed by atoms with Gasteiger partial charge in [0.15, 0.2) is 10.1 Å². The number of nitrogens with zero attached hydrogens (tertiary/aromatic N) is 1. The van der Waals surface area contributed by atoms with E-state index in [1.165, 1.54) is 12.1 Å². The molecule has 1 heterocycles. The van der Waals surface area contributed by atoms with Gasteiger partial charge in [-0.3, -0.25) is 9.59 Å². The fourth-order valence-electron chi connectivity index (χ4n) is 2.78. The van der Waals surface area contributed by atoms with Crippen molar-refractivity contribution >= 4 is 33.2 Å². The molecule has 1 atom stereocenters. The highest BCUT2D eigenvalue weighted by atomic mass is 32.2. The number of carbonyl (C=O) groups is 1. The third-order valence-corrected chi connectivity index (χ3v) is 7.63. The monoisotopic (exact) mass is 457 g/mol. The highest BCUT2D eigenvalue weighted by molar-refractivity contribution is 8.00. The number of nitrogens with one attached hydrogen (secondary N) is 2. The summed E-state index contributed by atoms with van der Waals surface area (Å²) in [6.45, 7) is 5.65. The predicted molar refractivity (Wildman–Crippen MR) is 121 cm³/mol. The van der Waals surface area contributed by atoms with E-state index in [0.29, 0.717) is 12.1 Å². The fraction of sp³-hybridized carbons (Fsp3) is 0.227. The van der Waals surface area contributed by atoms with Crippen LogP contribution < -0.4 is 10.9 Å². The maximum Gasteiger partial charge on any atom is 0.270 e. The Morgan fingerprint density at radius 3 is 2.19 bits per heavy atom. The Bertz CT molecular complexity index is 1230. The van der Waals surface area contributed by atoms with Gasteiger partial charge in [0.25, 0.3) is 5.56 Å². The lowest BCUT2D eigenvalue weighted by Crippen LogP contribution is -2.26. The largest absolute Gasteiger partial charge is 0.325 e. The Morgan fingerprint density at radius 1 is 1.06 bits per heavy atom. The first-order valence-corrected chi connectivity index (χ1v) is 12.0. The van der Waals surface area contributed by atoms with Crippen LogP contribution in [0.4, 0.5) is 5.69 Å². The SMILES string of the molecule is CCC(Sc1ncc(S(=O)(=O)c2ccc(C)cc2)c(=O)[nH]1)C(=O)Nc1ccc(C)cc1. The number of benzene rings is 2. The Balaban J connectivity index is 1.78. The van der Waals surface area contributed by atoms with Gasteiger partial charge in [-0.1, -0.05) is 54.1 Å². The average molecular weight is 458 g/mol. The molecule has 2 aromatic carbocycles. The molecule has 2 N–H and O–H groups in total. The molecular weight excluding hydrogens is 434 g/mol. The van der Waals surface area contributed by atoms with Crippen LogP contribution in [0.15, 0.2) is 74.5 Å². The minimum atomic E-state index is -3.99. The number of hydrogen-bond donors (Lipinski definition) is 2. The van der Waals surface area contributed by atoms with Crippen LogP contribution in [0.25, 0.3) is 0 Å². The number of amides is 1. The number of rotatable bonds is 7. The van der Waals surface area contributed by atoms with Gasteiger partial charge in [-0.15, -0.1) is 0 Å². The molecule has 1 amide bonds. The summed E-state index contributed by atoms with van der Waals surface area (Å²) in [5.41, 5.74) is 1.90. The second-order valence-electron chi connectivity index (χ2n) is 7.07. The molecule has 9 heteroatoms. The average Bonchev–Trinajstić information content (AvgIpc) is 2.73. The number of aryl methyl sites for hydroxylation is 2. The molecule has 0 bridgehead atoms. The molecule has 0 saturated carbocycles. The van der Waals surface area contributed by atoms with Crippen LogP contribution >= 0.6 is 11.8 Å². The maximum absolute atomic E-state index is 12.8. The van der Waals surface area contributed by atoms with Crippen LogP contribution in [-0.2, 0) is 14.6 Å². The highest BCUT2D eigenvalue weighted by Gasteiger charge is 2.24. The summed E-state index contributed by atoms with van der Waals surface area (Å²) in [4.78, 5) is 31.3. The molecule has 0 aliphatic rings. The van der Waals surface area contributed by atoms with Crippen molar-refractivity contribution in [2.75, 3.05) is 5.32 Å². The van der Waals surface area contributed by atoms with Crippen LogP contribution in [0, 0.1) is 13.8 Å². The Morgan fingerprint density at radius 2 is 1.65 bits per heavy atom. The van der Waals surface area contributed by atoms with Gasteiger partial charge in [-0.05, 0) is 44.5 Å². The Hall–Kier alpha value is -2.91. The number of hydrogen-bond acceptors (Lipinski definition) is 6. The van der Waals surface area contributed by atoms with Crippen molar-refractivity contribution in [1.29, 1.82) is 0 Å². The van der Waals surface area contributed by atoms with E-state index in [1.807, 2.05) is 45.0 Å². The second kappa shape index (κ2) is 9.49. The summed E-state index contributed by atoms with van der Waals surface area (Å²) in [5.74, 6) is -0.227. The summed E-state index contributed by atoms with van der Waals surface area (Å²) in [7, 11) is -3.99. The van der Waals surface area contributed by atoms with Gasteiger partial charge in [0, 0.05) is 5.69 Å². The lowest BCUT2D eigenvalue weighted by molar-refractivity contribution is -0.115. The molecule has 3 aromatic rings. The highest BCUT2D eigenvalue weighted by Crippen LogP contribution is 2.24. The molecule has 162 valence electrons. The number of carbonyl (C=O) groups excluding carboxylic acids is 1. The normalized spacial score (nSPS) is 12.4. The van der Waals surface area contributed by atoms with Crippen LogP contribution in [0.3, 0.4) is 0 Å². The molecule has 0 aliphatic heterocycles. The van der Waals surface area contributed by atoms with E-state index >= 15 is 0 Å². The molecule has 0 radical (unpaired) electrons. The zero-order valence-corrected chi connectivity index (χ0v) is 19.0.